The SMILES string of the molecule is CS(=O)(=O)N1CCCC1C(=O)N1CCN(Cc2cccc(F)c2)CC1. The van der Waals surface area contributed by atoms with Crippen molar-refractivity contribution in [1.82, 2.24) is 14.1 Å². The van der Waals surface area contributed by atoms with E-state index in [2.05, 4.69) is 4.90 Å². The molecule has 8 heteroatoms. The summed E-state index contributed by atoms with van der Waals surface area (Å²) in [5, 5.41) is 0. The molecule has 2 saturated heterocycles. The molecule has 0 bridgehead atoms. The molecule has 0 aliphatic carbocycles. The van der Waals surface area contributed by atoms with Crippen LogP contribution in [0, 0.1) is 5.82 Å². The van der Waals surface area contributed by atoms with E-state index in [9.17, 15) is 17.6 Å². The van der Waals surface area contributed by atoms with Crippen LogP contribution in [0.1, 0.15) is 18.4 Å². The average Bonchev–Trinajstić information content (AvgIpc) is 3.05. The van der Waals surface area contributed by atoms with Crippen LogP contribution >= 0.6 is 0 Å². The standard InChI is InChI=1S/C17H24FN3O3S/c1-25(23,24)21-7-3-6-16(21)17(22)20-10-8-19(9-11-20)13-14-4-2-5-15(18)12-14/h2,4-5,12,16H,3,6-11,13H2,1H3. The first-order valence-electron chi connectivity index (χ1n) is 8.57. The fourth-order valence-corrected chi connectivity index (χ4v) is 4.73. The third-order valence-electron chi connectivity index (χ3n) is 4.89. The highest BCUT2D eigenvalue weighted by molar-refractivity contribution is 7.88. The van der Waals surface area contributed by atoms with Crippen molar-refractivity contribution in [3.05, 3.63) is 35.6 Å². The normalized spacial score (nSPS) is 23.1. The lowest BCUT2D eigenvalue weighted by atomic mass is 10.1. The maximum absolute atomic E-state index is 13.3. The minimum Gasteiger partial charge on any atom is -0.339 e. The second-order valence-electron chi connectivity index (χ2n) is 6.76. The molecule has 25 heavy (non-hydrogen) atoms. The van der Waals surface area contributed by atoms with Gasteiger partial charge in [0.1, 0.15) is 11.9 Å². The second kappa shape index (κ2) is 7.39. The van der Waals surface area contributed by atoms with Gasteiger partial charge in [-0.05, 0) is 30.5 Å². The highest BCUT2D eigenvalue weighted by atomic mass is 32.2. The smallest absolute Gasteiger partial charge is 0.241 e. The quantitative estimate of drug-likeness (QED) is 0.791. The lowest BCUT2D eigenvalue weighted by Crippen LogP contribution is -2.54. The third kappa shape index (κ3) is 4.37. The molecule has 1 aromatic carbocycles. The van der Waals surface area contributed by atoms with Gasteiger partial charge in [-0.2, -0.15) is 4.31 Å². The third-order valence-corrected chi connectivity index (χ3v) is 6.18. The Labute approximate surface area is 148 Å². The van der Waals surface area contributed by atoms with Gasteiger partial charge in [-0.15, -0.1) is 0 Å². The Morgan fingerprint density at radius 1 is 1.20 bits per heavy atom. The zero-order valence-corrected chi connectivity index (χ0v) is 15.2. The highest BCUT2D eigenvalue weighted by Gasteiger charge is 2.39. The molecule has 1 unspecified atom stereocenters. The molecule has 0 aromatic heterocycles. The number of carbonyl (C=O) groups is 1. The molecule has 0 spiro atoms. The lowest BCUT2D eigenvalue weighted by Gasteiger charge is -2.37. The maximum atomic E-state index is 13.3. The predicted molar refractivity (Wildman–Crippen MR) is 92.8 cm³/mol. The molecule has 1 aromatic rings. The van der Waals surface area contributed by atoms with Gasteiger partial charge >= 0.3 is 0 Å². The molecular weight excluding hydrogens is 345 g/mol. The summed E-state index contributed by atoms with van der Waals surface area (Å²) in [5.41, 5.74) is 0.916. The molecule has 2 aliphatic rings. The molecule has 2 aliphatic heterocycles. The summed E-state index contributed by atoms with van der Waals surface area (Å²) in [5.74, 6) is -0.332. The molecule has 1 atom stereocenters. The zero-order valence-electron chi connectivity index (χ0n) is 14.4. The molecule has 1 amide bonds. The molecule has 0 saturated carbocycles. The van der Waals surface area contributed by atoms with Crippen molar-refractivity contribution in [3.8, 4) is 0 Å². The number of benzene rings is 1. The van der Waals surface area contributed by atoms with E-state index < -0.39 is 16.1 Å². The van der Waals surface area contributed by atoms with E-state index in [1.54, 1.807) is 11.0 Å². The second-order valence-corrected chi connectivity index (χ2v) is 8.70. The molecule has 3 rings (SSSR count). The number of halogens is 1. The van der Waals surface area contributed by atoms with Gasteiger partial charge in [0.05, 0.1) is 6.26 Å². The summed E-state index contributed by atoms with van der Waals surface area (Å²) in [6.45, 7) is 3.62. The van der Waals surface area contributed by atoms with Crippen LogP contribution in [0.3, 0.4) is 0 Å². The summed E-state index contributed by atoms with van der Waals surface area (Å²) in [6, 6.07) is 5.99. The Bertz CT molecular complexity index is 732. The Hall–Kier alpha value is -1.51. The van der Waals surface area contributed by atoms with E-state index in [4.69, 9.17) is 0 Å². The number of hydrogen-bond acceptors (Lipinski definition) is 4. The lowest BCUT2D eigenvalue weighted by molar-refractivity contribution is -0.136. The van der Waals surface area contributed by atoms with E-state index >= 15 is 0 Å². The number of carbonyl (C=O) groups excluding carboxylic acids is 1. The van der Waals surface area contributed by atoms with Gasteiger partial charge in [-0.3, -0.25) is 9.69 Å². The van der Waals surface area contributed by atoms with Crippen molar-refractivity contribution in [2.75, 3.05) is 39.0 Å². The van der Waals surface area contributed by atoms with Crippen molar-refractivity contribution in [1.29, 1.82) is 0 Å². The van der Waals surface area contributed by atoms with Crippen molar-refractivity contribution < 1.29 is 17.6 Å². The maximum Gasteiger partial charge on any atom is 0.241 e. The van der Waals surface area contributed by atoms with Gasteiger partial charge in [0.2, 0.25) is 15.9 Å². The van der Waals surface area contributed by atoms with Crippen LogP contribution in [-0.4, -0.2) is 73.5 Å². The molecule has 2 fully saturated rings. The Morgan fingerprint density at radius 2 is 1.92 bits per heavy atom. The first-order chi connectivity index (χ1) is 11.8. The minimum atomic E-state index is -3.35. The molecular formula is C17H24FN3O3S. The summed E-state index contributed by atoms with van der Waals surface area (Å²) >= 11 is 0. The van der Waals surface area contributed by atoms with Gasteiger partial charge in [-0.25, -0.2) is 12.8 Å². The molecule has 0 radical (unpaired) electrons. The number of hydrogen-bond donors (Lipinski definition) is 0. The number of sulfonamides is 1. The van der Waals surface area contributed by atoms with Crippen LogP contribution in [0.5, 0.6) is 0 Å². The highest BCUT2D eigenvalue weighted by Crippen LogP contribution is 2.23. The van der Waals surface area contributed by atoms with E-state index in [0.717, 1.165) is 18.2 Å². The average molecular weight is 369 g/mol. The van der Waals surface area contributed by atoms with E-state index in [1.165, 1.54) is 16.4 Å². The first kappa shape index (κ1) is 18.3. The number of nitrogens with zero attached hydrogens (tertiary/aromatic N) is 3. The van der Waals surface area contributed by atoms with E-state index in [-0.39, 0.29) is 11.7 Å². The fraction of sp³-hybridized carbons (Fsp3) is 0.588. The van der Waals surface area contributed by atoms with Crippen LogP contribution < -0.4 is 0 Å². The number of piperazine rings is 1. The Kier molecular flexibility index (Phi) is 5.41. The van der Waals surface area contributed by atoms with Crippen LogP contribution in [0.2, 0.25) is 0 Å². The number of amides is 1. The zero-order chi connectivity index (χ0) is 18.0. The van der Waals surface area contributed by atoms with Gasteiger partial charge in [0, 0.05) is 39.3 Å². The van der Waals surface area contributed by atoms with Crippen LogP contribution in [0.15, 0.2) is 24.3 Å². The van der Waals surface area contributed by atoms with Crippen molar-refractivity contribution >= 4 is 15.9 Å². The van der Waals surface area contributed by atoms with Gasteiger partial charge in [-0.1, -0.05) is 12.1 Å². The fourth-order valence-electron chi connectivity index (χ4n) is 3.61. The van der Waals surface area contributed by atoms with Gasteiger partial charge in [0.15, 0.2) is 0 Å². The van der Waals surface area contributed by atoms with Crippen molar-refractivity contribution in [3.63, 3.8) is 0 Å². The van der Waals surface area contributed by atoms with Crippen LogP contribution in [-0.2, 0) is 21.4 Å². The monoisotopic (exact) mass is 369 g/mol. The van der Waals surface area contributed by atoms with E-state index in [0.29, 0.717) is 45.7 Å². The number of rotatable bonds is 4. The Morgan fingerprint density at radius 3 is 2.56 bits per heavy atom. The largest absolute Gasteiger partial charge is 0.339 e. The topological polar surface area (TPSA) is 60.9 Å². The molecule has 0 N–H and O–H groups in total. The van der Waals surface area contributed by atoms with Crippen LogP contribution in [0.4, 0.5) is 4.39 Å². The van der Waals surface area contributed by atoms with Gasteiger partial charge in [0.25, 0.3) is 0 Å². The van der Waals surface area contributed by atoms with Crippen molar-refractivity contribution in [2.45, 2.75) is 25.4 Å². The molecule has 6 nitrogen and oxygen atoms in total. The first-order valence-corrected chi connectivity index (χ1v) is 10.4. The van der Waals surface area contributed by atoms with E-state index in [1.807, 2.05) is 6.07 Å². The summed E-state index contributed by atoms with van der Waals surface area (Å²) in [4.78, 5) is 16.7. The molecule has 2 heterocycles. The Balaban J connectivity index is 1.56. The molecule has 138 valence electrons. The summed E-state index contributed by atoms with van der Waals surface area (Å²) in [6.07, 6.45) is 2.48. The predicted octanol–water partition coefficient (Wildman–Crippen LogP) is 0.894. The van der Waals surface area contributed by atoms with Crippen LogP contribution in [0.25, 0.3) is 0 Å². The summed E-state index contributed by atoms with van der Waals surface area (Å²) < 4.78 is 38.3. The summed E-state index contributed by atoms with van der Waals surface area (Å²) in [7, 11) is -3.35. The minimum absolute atomic E-state index is 0.0895. The van der Waals surface area contributed by atoms with Crippen molar-refractivity contribution in [2.24, 2.45) is 0 Å². The van der Waals surface area contributed by atoms with Gasteiger partial charge < -0.3 is 4.90 Å².